The minimum absolute atomic E-state index is 0.276. The van der Waals surface area contributed by atoms with Crippen molar-refractivity contribution in [3.63, 3.8) is 0 Å². The molecule has 2 aromatic carbocycles. The number of methoxy groups -OCH3 is 1. The second-order valence-electron chi connectivity index (χ2n) is 6.21. The van der Waals surface area contributed by atoms with Crippen LogP contribution >= 0.6 is 34.3 Å². The van der Waals surface area contributed by atoms with Crippen molar-refractivity contribution in [1.29, 1.82) is 0 Å². The molecule has 0 spiro atoms. The molecule has 2 heterocycles. The number of thiophene rings is 1. The monoisotopic (exact) mass is 441 g/mol. The Balaban J connectivity index is 1.72. The number of halogens is 1. The van der Waals surface area contributed by atoms with E-state index in [9.17, 15) is 4.79 Å². The van der Waals surface area contributed by atoms with Crippen LogP contribution in [0.15, 0.2) is 59.7 Å². The highest BCUT2D eigenvalue weighted by Crippen LogP contribution is 2.32. The highest BCUT2D eigenvalue weighted by molar-refractivity contribution is 7.22. The predicted molar refractivity (Wildman–Crippen MR) is 121 cm³/mol. The molecule has 2 aromatic heterocycles. The Labute approximate surface area is 180 Å². The smallest absolute Gasteiger partial charge is 0.290 e. The summed E-state index contributed by atoms with van der Waals surface area (Å²) in [5, 5.41) is 6.28. The molecule has 0 unspecified atom stereocenters. The quantitative estimate of drug-likeness (QED) is 0.281. The molecule has 4 rings (SSSR count). The lowest BCUT2D eigenvalue weighted by Crippen LogP contribution is -2.24. The molecule has 8 heteroatoms. The van der Waals surface area contributed by atoms with Crippen LogP contribution in [0.4, 0.5) is 5.13 Å². The number of ether oxygens (including phenoxy) is 1. The van der Waals surface area contributed by atoms with Crippen LogP contribution < -0.4 is 9.75 Å². The summed E-state index contributed by atoms with van der Waals surface area (Å²) in [7, 11) is 1.62. The van der Waals surface area contributed by atoms with Gasteiger partial charge in [-0.1, -0.05) is 29.0 Å². The van der Waals surface area contributed by atoms with Crippen LogP contribution in [0, 0.1) is 6.92 Å². The zero-order chi connectivity index (χ0) is 20.4. The maximum absolute atomic E-state index is 13.1. The molecule has 0 aliphatic heterocycles. The summed E-state index contributed by atoms with van der Waals surface area (Å²) in [5.41, 5.74) is 2.80. The number of hydrazone groups is 1. The van der Waals surface area contributed by atoms with E-state index < -0.39 is 0 Å². The Hall–Kier alpha value is -2.74. The van der Waals surface area contributed by atoms with Gasteiger partial charge in [0.1, 0.15) is 5.75 Å². The van der Waals surface area contributed by atoms with E-state index in [4.69, 9.17) is 16.3 Å². The number of aromatic nitrogens is 1. The Kier molecular flexibility index (Phi) is 5.62. The fraction of sp³-hybridized carbons (Fsp3) is 0.0952. The van der Waals surface area contributed by atoms with Crippen LogP contribution in [0.2, 0.25) is 4.34 Å². The average Bonchev–Trinajstić information content (AvgIpc) is 3.34. The third-order valence-corrected chi connectivity index (χ3v) is 6.34. The van der Waals surface area contributed by atoms with Gasteiger partial charge in [0.05, 0.1) is 32.8 Å². The van der Waals surface area contributed by atoms with Gasteiger partial charge >= 0.3 is 0 Å². The summed E-state index contributed by atoms with van der Waals surface area (Å²) in [4.78, 5) is 18.2. The molecule has 0 fully saturated rings. The zero-order valence-corrected chi connectivity index (χ0v) is 18.0. The molecular weight excluding hydrogens is 426 g/mol. The molecule has 1 amide bonds. The molecule has 0 saturated carbocycles. The molecule has 0 N–H and O–H groups in total. The van der Waals surface area contributed by atoms with Crippen molar-refractivity contribution in [1.82, 2.24) is 4.98 Å². The van der Waals surface area contributed by atoms with Crippen LogP contribution in [0.1, 0.15) is 20.8 Å². The van der Waals surface area contributed by atoms with E-state index in [1.54, 1.807) is 25.5 Å². The van der Waals surface area contributed by atoms with Crippen LogP contribution in [0.5, 0.6) is 5.75 Å². The predicted octanol–water partition coefficient (Wildman–Crippen LogP) is 6.01. The summed E-state index contributed by atoms with van der Waals surface area (Å²) in [6, 6.07) is 16.8. The first-order valence-corrected chi connectivity index (χ1v) is 10.7. The summed E-state index contributed by atoms with van der Waals surface area (Å²) >= 11 is 8.66. The van der Waals surface area contributed by atoms with Crippen molar-refractivity contribution in [3.05, 3.63) is 74.9 Å². The second kappa shape index (κ2) is 8.32. The number of hydrogen-bond acceptors (Lipinski definition) is 6. The molecule has 0 aliphatic carbocycles. The van der Waals surface area contributed by atoms with Crippen molar-refractivity contribution in [3.8, 4) is 5.75 Å². The third-order valence-electron chi connectivity index (χ3n) is 4.13. The molecule has 146 valence electrons. The lowest BCUT2D eigenvalue weighted by Gasteiger charge is -2.12. The van der Waals surface area contributed by atoms with Gasteiger partial charge in [0.15, 0.2) is 0 Å². The number of benzene rings is 2. The van der Waals surface area contributed by atoms with Gasteiger partial charge in [-0.05, 0) is 66.6 Å². The Morgan fingerprint density at radius 1 is 1.14 bits per heavy atom. The zero-order valence-electron chi connectivity index (χ0n) is 15.6. The summed E-state index contributed by atoms with van der Waals surface area (Å²) in [6.07, 6.45) is 1.63. The number of carbonyl (C=O) groups is 1. The normalized spacial score (nSPS) is 11.3. The van der Waals surface area contributed by atoms with Gasteiger partial charge < -0.3 is 4.74 Å². The van der Waals surface area contributed by atoms with Crippen molar-refractivity contribution in [2.75, 3.05) is 12.1 Å². The largest absolute Gasteiger partial charge is 0.497 e. The number of thiazole rings is 1. The molecule has 0 saturated heterocycles. The number of fused-ring (bicyclic) bond motifs is 1. The van der Waals surface area contributed by atoms with Crippen molar-refractivity contribution < 1.29 is 9.53 Å². The number of anilines is 1. The number of carbonyl (C=O) groups excluding carboxylic acids is 1. The van der Waals surface area contributed by atoms with Crippen LogP contribution in [-0.2, 0) is 0 Å². The van der Waals surface area contributed by atoms with Crippen LogP contribution in [-0.4, -0.2) is 24.2 Å². The SMILES string of the molecule is COc1ccc(/C=N/N(C(=O)c2ccc(Cl)s2)c2nc3ccc(C)cc3s2)cc1. The standard InChI is InChI=1S/C21H16ClN3O2S2/c1-13-3-8-16-18(11-13)29-21(24-16)25(20(26)17-9-10-19(22)28-17)23-12-14-4-6-15(27-2)7-5-14/h3-12H,1-2H3/b23-12+. The second-order valence-corrected chi connectivity index (χ2v) is 8.93. The highest BCUT2D eigenvalue weighted by atomic mass is 35.5. The minimum Gasteiger partial charge on any atom is -0.497 e. The molecule has 0 radical (unpaired) electrons. The first kappa shape index (κ1) is 19.6. The van der Waals surface area contributed by atoms with E-state index in [0.717, 1.165) is 27.1 Å². The van der Waals surface area contributed by atoms with Gasteiger partial charge in [-0.2, -0.15) is 10.1 Å². The lowest BCUT2D eigenvalue weighted by atomic mass is 10.2. The molecule has 0 atom stereocenters. The van der Waals surface area contributed by atoms with Gasteiger partial charge in [-0.3, -0.25) is 4.79 Å². The molecule has 5 nitrogen and oxygen atoms in total. The van der Waals surface area contributed by atoms with Gasteiger partial charge in [-0.25, -0.2) is 4.98 Å². The fourth-order valence-electron chi connectivity index (χ4n) is 2.65. The fourth-order valence-corrected chi connectivity index (χ4v) is 4.64. The number of rotatable bonds is 5. The van der Waals surface area contributed by atoms with E-state index in [1.807, 2.05) is 49.4 Å². The topological polar surface area (TPSA) is 54.8 Å². The summed E-state index contributed by atoms with van der Waals surface area (Å²) in [6.45, 7) is 2.03. The number of hydrogen-bond donors (Lipinski definition) is 0. The molecule has 0 aliphatic rings. The maximum Gasteiger partial charge on any atom is 0.290 e. The van der Waals surface area contributed by atoms with Gasteiger partial charge in [0.25, 0.3) is 5.91 Å². The van der Waals surface area contributed by atoms with E-state index >= 15 is 0 Å². The van der Waals surface area contributed by atoms with E-state index in [1.165, 1.54) is 27.7 Å². The summed E-state index contributed by atoms with van der Waals surface area (Å²) in [5.74, 6) is 0.479. The Morgan fingerprint density at radius 2 is 1.93 bits per heavy atom. The molecule has 29 heavy (non-hydrogen) atoms. The average molecular weight is 442 g/mol. The molecule has 0 bridgehead atoms. The van der Waals surface area contributed by atoms with Gasteiger partial charge in [0, 0.05) is 0 Å². The molecule has 4 aromatic rings. The van der Waals surface area contributed by atoms with Crippen molar-refractivity contribution in [2.45, 2.75) is 6.92 Å². The number of nitrogens with zero attached hydrogens (tertiary/aromatic N) is 3. The maximum atomic E-state index is 13.1. The Morgan fingerprint density at radius 3 is 2.62 bits per heavy atom. The minimum atomic E-state index is -0.276. The van der Waals surface area contributed by atoms with Gasteiger partial charge in [0.2, 0.25) is 5.13 Å². The number of amides is 1. The summed E-state index contributed by atoms with van der Waals surface area (Å²) < 4.78 is 6.73. The van der Waals surface area contributed by atoms with E-state index in [2.05, 4.69) is 10.1 Å². The Bertz CT molecular complexity index is 1200. The van der Waals surface area contributed by atoms with E-state index in [-0.39, 0.29) is 5.91 Å². The third kappa shape index (κ3) is 4.32. The van der Waals surface area contributed by atoms with Gasteiger partial charge in [-0.15, -0.1) is 11.3 Å². The van der Waals surface area contributed by atoms with Crippen molar-refractivity contribution in [2.24, 2.45) is 5.10 Å². The molecular formula is C21H16ClN3O2S2. The highest BCUT2D eigenvalue weighted by Gasteiger charge is 2.22. The lowest BCUT2D eigenvalue weighted by molar-refractivity contribution is 0.0991. The van der Waals surface area contributed by atoms with Crippen molar-refractivity contribution >= 4 is 61.7 Å². The van der Waals surface area contributed by atoms with Crippen LogP contribution in [0.25, 0.3) is 10.2 Å². The van der Waals surface area contributed by atoms with E-state index in [0.29, 0.717) is 14.3 Å². The number of aryl methyl sites for hydroxylation is 1. The first-order valence-electron chi connectivity index (χ1n) is 8.68. The first-order chi connectivity index (χ1) is 14.0. The van der Waals surface area contributed by atoms with Crippen LogP contribution in [0.3, 0.4) is 0 Å².